The van der Waals surface area contributed by atoms with Crippen LogP contribution in [0.3, 0.4) is 0 Å². The van der Waals surface area contributed by atoms with E-state index in [0.29, 0.717) is 67.0 Å². The van der Waals surface area contributed by atoms with Crippen molar-refractivity contribution in [2.45, 2.75) is 101 Å². The molecule has 6 atom stereocenters. The Morgan fingerprint density at radius 3 is 2.18 bits per heavy atom. The predicted octanol–water partition coefficient (Wildman–Crippen LogP) is 6.93. The van der Waals surface area contributed by atoms with Crippen molar-refractivity contribution < 1.29 is 43.0 Å². The standard InChI is InChI=1S/C62H75Cl2N9O9/c1-68(2)34-55-65-32-53(70(55)4)42-19-24-48(25-20-42)82-54-29-46(64)23-18-43(54)33-73-52(31-57(75)72-36-62(37-72)38-81-39-62)59(77)67-50(35-80-6)61(79)69(3)47(27-41-16-21-45(63)22-17-41)30-56(74)66-49-14-10-11-15-51(49)71(5)60(78)44(28-58(73)76)26-40-12-8-7-9-13-40/h7-9,12-13,16-25,29,32,44,47,49-52H,10-11,14-15,26-28,30-31,33-39H2,1-6H3,(H,66,74)(H,67,77)/t44-,47+,49+,50+,51+,52+/m1/s1. The predicted molar refractivity (Wildman–Crippen MR) is 312 cm³/mol. The van der Waals surface area contributed by atoms with Crippen LogP contribution in [0.15, 0.2) is 103 Å². The highest BCUT2D eigenvalue weighted by Gasteiger charge is 2.51. The molecule has 0 bridgehead atoms. The number of likely N-dealkylation sites (tertiary alicyclic amines) is 1. The number of aromatic nitrogens is 2. The summed E-state index contributed by atoms with van der Waals surface area (Å²) in [5.74, 6) is -2.26. The molecule has 1 spiro atoms. The summed E-state index contributed by atoms with van der Waals surface area (Å²) in [6, 6.07) is 24.7. The summed E-state index contributed by atoms with van der Waals surface area (Å²) in [6.07, 6.45) is 4.19. The fraction of sp³-hybridized carbons (Fsp3) is 0.468. The maximum Gasteiger partial charge on any atom is 0.247 e. The first-order chi connectivity index (χ1) is 39.4. The SMILES string of the molecule is COC[C@@H]1NC(=O)[C@H](CC(=O)N2CC3(COC3)C2)N(Cc2ccc(Cl)cc2Oc2ccc(-c3cnc(CN(C)C)n3C)cc2)C(=O)C[C@@H](Cc2ccccc2)C(=O)N(C)[C@H]2CCCC[C@@H]2NC(=O)C[C@H](Cc2ccc(Cl)cc2)N(C)C1=O. The van der Waals surface area contributed by atoms with Crippen molar-refractivity contribution >= 4 is 58.6 Å². The van der Waals surface area contributed by atoms with E-state index < -0.39 is 60.3 Å². The van der Waals surface area contributed by atoms with Gasteiger partial charge in [0.05, 0.1) is 68.6 Å². The lowest BCUT2D eigenvalue weighted by atomic mass is 9.78. The van der Waals surface area contributed by atoms with Gasteiger partial charge in [-0.05, 0) is 99.4 Å². The fourth-order valence-corrected chi connectivity index (χ4v) is 12.1. The first-order valence-electron chi connectivity index (χ1n) is 28.1. The van der Waals surface area contributed by atoms with Crippen molar-refractivity contribution in [3.63, 3.8) is 0 Å². The van der Waals surface area contributed by atoms with Crippen molar-refractivity contribution in [2.24, 2.45) is 18.4 Å². The number of hydrogen-bond acceptors (Lipinski definition) is 11. The largest absolute Gasteiger partial charge is 0.457 e. The van der Waals surface area contributed by atoms with Crippen LogP contribution in [0, 0.1) is 11.3 Å². The molecule has 82 heavy (non-hydrogen) atoms. The molecule has 3 saturated heterocycles. The van der Waals surface area contributed by atoms with Gasteiger partial charge in [-0.2, -0.15) is 0 Å². The molecule has 4 aliphatic rings. The number of methoxy groups -OCH3 is 1. The number of benzene rings is 4. The van der Waals surface area contributed by atoms with Crippen LogP contribution in [-0.2, 0) is 71.2 Å². The zero-order valence-electron chi connectivity index (χ0n) is 47.7. The van der Waals surface area contributed by atoms with Gasteiger partial charge in [0.1, 0.15) is 29.4 Å². The smallest absolute Gasteiger partial charge is 0.247 e. The molecule has 2 N–H and O–H groups in total. The first kappa shape index (κ1) is 59.8. The van der Waals surface area contributed by atoms with Crippen LogP contribution in [0.2, 0.25) is 10.0 Å². The van der Waals surface area contributed by atoms with E-state index in [4.69, 9.17) is 37.4 Å². The van der Waals surface area contributed by atoms with Gasteiger partial charge < -0.3 is 53.9 Å². The zero-order chi connectivity index (χ0) is 58.2. The number of halogens is 2. The number of carbonyl (C=O) groups is 6. The summed E-state index contributed by atoms with van der Waals surface area (Å²) in [6.45, 7) is 1.96. The van der Waals surface area contributed by atoms with Crippen molar-refractivity contribution in [2.75, 3.05) is 68.2 Å². The summed E-state index contributed by atoms with van der Waals surface area (Å²) < 4.78 is 19.8. The second-order valence-electron chi connectivity index (χ2n) is 22.9. The first-order valence-corrected chi connectivity index (χ1v) is 28.9. The van der Waals surface area contributed by atoms with E-state index in [1.807, 2.05) is 98.6 Å². The molecule has 0 unspecified atom stereocenters. The quantitative estimate of drug-likeness (QED) is 0.111. The number of nitrogens with zero attached hydrogens (tertiary/aromatic N) is 7. The minimum absolute atomic E-state index is 0.101. The molecular formula is C62H75Cl2N9O9. The molecule has 1 saturated carbocycles. The van der Waals surface area contributed by atoms with E-state index in [1.165, 1.54) is 16.9 Å². The van der Waals surface area contributed by atoms with Crippen LogP contribution in [0.25, 0.3) is 11.3 Å². The Labute approximate surface area is 490 Å². The topological polar surface area (TPSA) is 188 Å². The molecule has 4 fully saturated rings. The van der Waals surface area contributed by atoms with Gasteiger partial charge >= 0.3 is 0 Å². The average molecular weight is 1160 g/mol. The van der Waals surface area contributed by atoms with Gasteiger partial charge in [0, 0.05) is 87.4 Å². The molecule has 18 nitrogen and oxygen atoms in total. The molecule has 1 aromatic heterocycles. The molecule has 5 aromatic rings. The second kappa shape index (κ2) is 26.6. The van der Waals surface area contributed by atoms with E-state index in [1.54, 1.807) is 54.2 Å². The fourth-order valence-electron chi connectivity index (χ4n) is 11.8. The van der Waals surface area contributed by atoms with Crippen molar-refractivity contribution in [3.05, 3.63) is 136 Å². The van der Waals surface area contributed by atoms with Gasteiger partial charge in [-0.1, -0.05) is 84.6 Å². The number of rotatable bonds is 15. The van der Waals surface area contributed by atoms with Crippen LogP contribution in [-0.4, -0.2) is 168 Å². The van der Waals surface area contributed by atoms with E-state index in [0.717, 1.165) is 41.1 Å². The Bertz CT molecular complexity index is 3070. The molecule has 9 rings (SSSR count). The molecule has 436 valence electrons. The minimum Gasteiger partial charge on any atom is -0.457 e. The molecule has 1 aliphatic carbocycles. The van der Waals surface area contributed by atoms with Crippen molar-refractivity contribution in [1.29, 1.82) is 0 Å². The van der Waals surface area contributed by atoms with Gasteiger partial charge in [-0.25, -0.2) is 4.98 Å². The van der Waals surface area contributed by atoms with E-state index in [9.17, 15) is 9.59 Å². The molecule has 4 aromatic carbocycles. The van der Waals surface area contributed by atoms with Gasteiger partial charge in [0.25, 0.3) is 0 Å². The third-order valence-corrected chi connectivity index (χ3v) is 17.0. The summed E-state index contributed by atoms with van der Waals surface area (Å²) >= 11 is 13.0. The summed E-state index contributed by atoms with van der Waals surface area (Å²) in [7, 11) is 10.7. The normalized spacial score (nSPS) is 22.9. The number of ether oxygens (including phenoxy) is 3. The summed E-state index contributed by atoms with van der Waals surface area (Å²) in [5.41, 5.74) is 3.73. The van der Waals surface area contributed by atoms with Crippen LogP contribution in [0.1, 0.15) is 67.5 Å². The van der Waals surface area contributed by atoms with Gasteiger partial charge in [-0.3, -0.25) is 28.8 Å². The number of amides is 6. The number of likely N-dealkylation sites (N-methyl/N-ethyl adjacent to an activating group) is 2. The van der Waals surface area contributed by atoms with E-state index in [2.05, 4.69) is 20.5 Å². The summed E-state index contributed by atoms with van der Waals surface area (Å²) in [4.78, 5) is 104. The van der Waals surface area contributed by atoms with E-state index in [-0.39, 0.29) is 67.7 Å². The summed E-state index contributed by atoms with van der Waals surface area (Å²) in [5, 5.41) is 7.04. The minimum atomic E-state index is -1.53. The second-order valence-corrected chi connectivity index (χ2v) is 23.8. The molecule has 4 heterocycles. The maximum atomic E-state index is 15.9. The lowest BCUT2D eigenvalue weighted by Crippen LogP contribution is -2.67. The Hall–Kier alpha value is -6.83. The average Bonchev–Trinajstić information content (AvgIpc) is 3.84. The molecule has 6 amide bonds. The Morgan fingerprint density at radius 2 is 1.50 bits per heavy atom. The Kier molecular flexibility index (Phi) is 19.4. The van der Waals surface area contributed by atoms with Crippen LogP contribution in [0.4, 0.5) is 0 Å². The van der Waals surface area contributed by atoms with Gasteiger partial charge in [0.15, 0.2) is 0 Å². The van der Waals surface area contributed by atoms with Gasteiger partial charge in [-0.15, -0.1) is 0 Å². The number of imidazole rings is 1. The molecule has 0 radical (unpaired) electrons. The van der Waals surface area contributed by atoms with Crippen molar-refractivity contribution in [3.8, 4) is 22.8 Å². The lowest BCUT2D eigenvalue weighted by molar-refractivity contribution is -0.196. The van der Waals surface area contributed by atoms with E-state index >= 15 is 19.2 Å². The number of hydrogen-bond donors (Lipinski definition) is 2. The highest BCUT2D eigenvalue weighted by Crippen LogP contribution is 2.39. The van der Waals surface area contributed by atoms with Crippen LogP contribution < -0.4 is 15.4 Å². The van der Waals surface area contributed by atoms with Crippen molar-refractivity contribution in [1.82, 2.24) is 44.7 Å². The third kappa shape index (κ3) is 14.3. The lowest BCUT2D eigenvalue weighted by Gasteiger charge is -2.55. The molecule has 3 aliphatic heterocycles. The monoisotopic (exact) mass is 1160 g/mol. The van der Waals surface area contributed by atoms with Crippen LogP contribution >= 0.6 is 23.2 Å². The molecular weight excluding hydrogens is 1090 g/mol. The Morgan fingerprint density at radius 1 is 0.805 bits per heavy atom. The molecule has 20 heteroatoms. The number of nitrogens with one attached hydrogen (secondary N) is 2. The van der Waals surface area contributed by atoms with Gasteiger partial charge in [0.2, 0.25) is 35.4 Å². The van der Waals surface area contributed by atoms with Crippen LogP contribution in [0.5, 0.6) is 11.5 Å². The zero-order valence-corrected chi connectivity index (χ0v) is 49.2. The third-order valence-electron chi connectivity index (χ3n) is 16.5. The highest BCUT2D eigenvalue weighted by molar-refractivity contribution is 6.31. The number of fused-ring (bicyclic) bond motifs is 1. The maximum absolute atomic E-state index is 15.9. The number of carbonyl (C=O) groups excluding carboxylic acids is 6. The highest BCUT2D eigenvalue weighted by atomic mass is 35.5. The Balaban J connectivity index is 1.13.